The van der Waals surface area contributed by atoms with Gasteiger partial charge in [-0.05, 0) is 36.6 Å². The Kier molecular flexibility index (Phi) is 5.41. The predicted octanol–water partition coefficient (Wildman–Crippen LogP) is 5.93. The molecule has 0 aliphatic heterocycles. The maximum Gasteiger partial charge on any atom is 0.165 e. The van der Waals surface area contributed by atoms with Crippen LogP contribution in [0.4, 0.5) is 10.2 Å². The standard InChI is InChI=1S/C24H20FN5S/c25-19-14-26-13-10-17(19)23-29-21-18(20-9-5-11-27-20)15-31-22(21)24(30-23)28-12-4-8-16-6-2-1-3-7-16/h1-3,5-7,9-11,13-15,27H,4,8,12H2,(H,28,29,30). The zero-order chi connectivity index (χ0) is 21.0. The Balaban J connectivity index is 1.49. The fourth-order valence-electron chi connectivity index (χ4n) is 3.55. The van der Waals surface area contributed by atoms with Crippen LogP contribution in [0.2, 0.25) is 0 Å². The minimum Gasteiger partial charge on any atom is -0.369 e. The SMILES string of the molecule is Fc1cnccc1-c1nc(NCCCc2ccccc2)c2scc(-c3ccc[nH]3)c2n1. The van der Waals surface area contributed by atoms with Gasteiger partial charge in [-0.25, -0.2) is 14.4 Å². The van der Waals surface area contributed by atoms with Crippen LogP contribution in [0, 0.1) is 5.82 Å². The number of hydrogen-bond acceptors (Lipinski definition) is 5. The topological polar surface area (TPSA) is 66.5 Å². The van der Waals surface area contributed by atoms with Crippen LogP contribution in [0.15, 0.2) is 72.5 Å². The number of thiophene rings is 1. The molecule has 5 nitrogen and oxygen atoms in total. The normalized spacial score (nSPS) is 11.1. The van der Waals surface area contributed by atoms with E-state index in [9.17, 15) is 4.39 Å². The Morgan fingerprint density at radius 1 is 1.00 bits per heavy atom. The van der Waals surface area contributed by atoms with Gasteiger partial charge in [0.2, 0.25) is 0 Å². The molecule has 0 saturated heterocycles. The largest absolute Gasteiger partial charge is 0.369 e. The summed E-state index contributed by atoms with van der Waals surface area (Å²) in [7, 11) is 0. The summed E-state index contributed by atoms with van der Waals surface area (Å²) in [6.45, 7) is 0.759. The third-order valence-corrected chi connectivity index (χ3v) is 6.07. The quantitative estimate of drug-likeness (QED) is 0.315. The summed E-state index contributed by atoms with van der Waals surface area (Å²) in [5, 5.41) is 5.52. The molecule has 4 heterocycles. The number of benzene rings is 1. The van der Waals surface area contributed by atoms with E-state index in [2.05, 4.69) is 49.9 Å². The van der Waals surface area contributed by atoms with Gasteiger partial charge in [-0.15, -0.1) is 11.3 Å². The number of pyridine rings is 1. The summed E-state index contributed by atoms with van der Waals surface area (Å²) in [6.07, 6.45) is 6.56. The molecule has 0 spiro atoms. The fourth-order valence-corrected chi connectivity index (χ4v) is 4.52. The number of aromatic nitrogens is 4. The summed E-state index contributed by atoms with van der Waals surface area (Å²) in [5.74, 6) is 0.643. The van der Waals surface area contributed by atoms with Crippen LogP contribution in [-0.2, 0) is 6.42 Å². The molecular weight excluding hydrogens is 409 g/mol. The molecule has 0 radical (unpaired) electrons. The monoisotopic (exact) mass is 429 g/mol. The van der Waals surface area contributed by atoms with E-state index in [0.29, 0.717) is 11.4 Å². The van der Waals surface area contributed by atoms with E-state index in [0.717, 1.165) is 46.7 Å². The van der Waals surface area contributed by atoms with E-state index < -0.39 is 5.82 Å². The number of rotatable bonds is 7. The zero-order valence-corrected chi connectivity index (χ0v) is 17.5. The summed E-state index contributed by atoms with van der Waals surface area (Å²) in [4.78, 5) is 16.5. The maximum atomic E-state index is 14.4. The number of fused-ring (bicyclic) bond motifs is 1. The van der Waals surface area contributed by atoms with Gasteiger partial charge < -0.3 is 10.3 Å². The molecule has 7 heteroatoms. The predicted molar refractivity (Wildman–Crippen MR) is 124 cm³/mol. The molecule has 31 heavy (non-hydrogen) atoms. The molecule has 1 aromatic carbocycles. The first kappa shape index (κ1) is 19.4. The number of halogens is 1. The first-order valence-corrected chi connectivity index (χ1v) is 11.0. The highest BCUT2D eigenvalue weighted by atomic mass is 32.1. The minimum atomic E-state index is -0.437. The van der Waals surface area contributed by atoms with Crippen molar-refractivity contribution in [1.82, 2.24) is 19.9 Å². The lowest BCUT2D eigenvalue weighted by Crippen LogP contribution is -2.06. The van der Waals surface area contributed by atoms with Gasteiger partial charge in [-0.2, -0.15) is 0 Å². The number of hydrogen-bond donors (Lipinski definition) is 2. The zero-order valence-electron chi connectivity index (χ0n) is 16.7. The van der Waals surface area contributed by atoms with Crippen LogP contribution in [0.5, 0.6) is 0 Å². The average molecular weight is 430 g/mol. The summed E-state index contributed by atoms with van der Waals surface area (Å²) in [5.41, 5.74) is 4.41. The first-order chi connectivity index (χ1) is 15.3. The van der Waals surface area contributed by atoms with Crippen LogP contribution in [0.3, 0.4) is 0 Å². The van der Waals surface area contributed by atoms with E-state index in [1.165, 1.54) is 11.8 Å². The third kappa shape index (κ3) is 4.04. The van der Waals surface area contributed by atoms with Crippen molar-refractivity contribution < 1.29 is 4.39 Å². The van der Waals surface area contributed by atoms with Crippen molar-refractivity contribution in [3.05, 3.63) is 83.9 Å². The summed E-state index contributed by atoms with van der Waals surface area (Å²) in [6, 6.07) is 16.0. The maximum absolute atomic E-state index is 14.4. The lowest BCUT2D eigenvalue weighted by Gasteiger charge is -2.10. The van der Waals surface area contributed by atoms with Gasteiger partial charge in [-0.1, -0.05) is 30.3 Å². The second-order valence-electron chi connectivity index (χ2n) is 7.18. The smallest absolute Gasteiger partial charge is 0.165 e. The van der Waals surface area contributed by atoms with Crippen molar-refractivity contribution in [3.8, 4) is 22.6 Å². The highest BCUT2D eigenvalue weighted by Gasteiger charge is 2.17. The van der Waals surface area contributed by atoms with Crippen molar-refractivity contribution in [2.24, 2.45) is 0 Å². The van der Waals surface area contributed by atoms with Crippen LogP contribution < -0.4 is 5.32 Å². The lowest BCUT2D eigenvalue weighted by molar-refractivity contribution is 0.623. The molecule has 0 fully saturated rings. The Hall–Kier alpha value is -3.58. The minimum absolute atomic E-state index is 0.341. The van der Waals surface area contributed by atoms with E-state index >= 15 is 0 Å². The summed E-state index contributed by atoms with van der Waals surface area (Å²) < 4.78 is 15.4. The number of H-pyrrole nitrogens is 1. The molecule has 154 valence electrons. The molecule has 5 aromatic rings. The number of nitrogens with one attached hydrogen (secondary N) is 2. The average Bonchev–Trinajstić information content (AvgIpc) is 3.47. The molecule has 5 rings (SSSR count). The van der Waals surface area contributed by atoms with Crippen molar-refractivity contribution >= 4 is 27.4 Å². The molecule has 0 aliphatic rings. The van der Waals surface area contributed by atoms with Gasteiger partial charge >= 0.3 is 0 Å². The highest BCUT2D eigenvalue weighted by molar-refractivity contribution is 7.18. The Morgan fingerprint density at radius 2 is 1.90 bits per heavy atom. The Bertz CT molecular complexity index is 1300. The van der Waals surface area contributed by atoms with Gasteiger partial charge in [0.15, 0.2) is 11.6 Å². The van der Waals surface area contributed by atoms with Crippen LogP contribution in [-0.4, -0.2) is 26.5 Å². The van der Waals surface area contributed by atoms with Gasteiger partial charge in [0.25, 0.3) is 0 Å². The molecular formula is C24H20FN5S. The van der Waals surface area contributed by atoms with E-state index in [4.69, 9.17) is 4.98 Å². The molecule has 0 amide bonds. The van der Waals surface area contributed by atoms with Gasteiger partial charge in [0.05, 0.1) is 22.0 Å². The number of anilines is 1. The van der Waals surface area contributed by atoms with Crippen LogP contribution in [0.1, 0.15) is 12.0 Å². The number of aryl methyl sites for hydroxylation is 1. The third-order valence-electron chi connectivity index (χ3n) is 5.09. The second-order valence-corrected chi connectivity index (χ2v) is 8.06. The Morgan fingerprint density at radius 3 is 2.71 bits per heavy atom. The molecule has 4 aromatic heterocycles. The van der Waals surface area contributed by atoms with Crippen LogP contribution in [0.25, 0.3) is 32.9 Å². The molecule has 0 aliphatic carbocycles. The molecule has 0 atom stereocenters. The van der Waals surface area contributed by atoms with Gasteiger partial charge in [0.1, 0.15) is 5.82 Å². The van der Waals surface area contributed by atoms with Gasteiger partial charge in [0, 0.05) is 35.6 Å². The fraction of sp³-hybridized carbons (Fsp3) is 0.125. The Labute approximate surface area is 183 Å². The summed E-state index contributed by atoms with van der Waals surface area (Å²) >= 11 is 1.59. The molecule has 2 N–H and O–H groups in total. The van der Waals surface area contributed by atoms with E-state index in [1.54, 1.807) is 23.6 Å². The van der Waals surface area contributed by atoms with Crippen molar-refractivity contribution in [2.75, 3.05) is 11.9 Å². The molecule has 0 bridgehead atoms. The van der Waals surface area contributed by atoms with Crippen LogP contribution >= 0.6 is 11.3 Å². The van der Waals surface area contributed by atoms with Gasteiger partial charge in [-0.3, -0.25) is 4.98 Å². The second kappa shape index (κ2) is 8.65. The van der Waals surface area contributed by atoms with Crippen molar-refractivity contribution in [2.45, 2.75) is 12.8 Å². The number of aromatic amines is 1. The van der Waals surface area contributed by atoms with Crippen molar-refractivity contribution in [1.29, 1.82) is 0 Å². The van der Waals surface area contributed by atoms with E-state index in [-0.39, 0.29) is 0 Å². The number of nitrogens with zero attached hydrogens (tertiary/aromatic N) is 3. The first-order valence-electron chi connectivity index (χ1n) is 10.1. The highest BCUT2D eigenvalue weighted by Crippen LogP contribution is 2.37. The van der Waals surface area contributed by atoms with Crippen molar-refractivity contribution in [3.63, 3.8) is 0 Å². The van der Waals surface area contributed by atoms with E-state index in [1.807, 2.05) is 24.4 Å². The molecule has 0 unspecified atom stereocenters. The lowest BCUT2D eigenvalue weighted by atomic mass is 10.1. The molecule has 0 saturated carbocycles.